The lowest BCUT2D eigenvalue weighted by molar-refractivity contribution is 0.0948. The van der Waals surface area contributed by atoms with Crippen LogP contribution in [0, 0.1) is 6.92 Å². The number of nitrogens with zero attached hydrogens (tertiary/aromatic N) is 4. The number of imidazole rings is 1. The Morgan fingerprint density at radius 2 is 2.00 bits per heavy atom. The second-order valence-electron chi connectivity index (χ2n) is 6.41. The molecule has 0 saturated carbocycles. The Kier molecular flexibility index (Phi) is 5.09. The van der Waals surface area contributed by atoms with E-state index in [-0.39, 0.29) is 5.91 Å². The third-order valence-corrected chi connectivity index (χ3v) is 4.00. The van der Waals surface area contributed by atoms with Gasteiger partial charge in [-0.3, -0.25) is 9.78 Å². The molecule has 0 aliphatic heterocycles. The van der Waals surface area contributed by atoms with Crippen molar-refractivity contribution in [2.24, 2.45) is 0 Å². The summed E-state index contributed by atoms with van der Waals surface area (Å²) in [6.07, 6.45) is 6.18. The number of carbonyl (C=O) groups excluding carboxylic acids is 1. The molecule has 2 heterocycles. The molecular weight excluding hydrogens is 314 g/mol. The van der Waals surface area contributed by atoms with E-state index in [9.17, 15) is 4.79 Å². The number of carbonyl (C=O) groups is 1. The molecular formula is C19H23N5O. The lowest BCUT2D eigenvalue weighted by Gasteiger charge is -2.09. The molecule has 2 aromatic heterocycles. The van der Waals surface area contributed by atoms with Crippen molar-refractivity contribution in [3.63, 3.8) is 0 Å². The van der Waals surface area contributed by atoms with Crippen molar-refractivity contribution in [3.05, 3.63) is 54.1 Å². The Morgan fingerprint density at radius 3 is 2.72 bits per heavy atom. The molecule has 0 unspecified atom stereocenters. The van der Waals surface area contributed by atoms with Crippen LogP contribution >= 0.6 is 0 Å². The quantitative estimate of drug-likeness (QED) is 0.702. The number of benzene rings is 1. The summed E-state index contributed by atoms with van der Waals surface area (Å²) in [6, 6.07) is 8.13. The molecule has 0 radical (unpaired) electrons. The number of hydrogen-bond donors (Lipinski definition) is 1. The smallest absolute Gasteiger partial charge is 0.271 e. The van der Waals surface area contributed by atoms with Crippen LogP contribution in [0.2, 0.25) is 0 Å². The van der Waals surface area contributed by atoms with Gasteiger partial charge < -0.3 is 14.6 Å². The summed E-state index contributed by atoms with van der Waals surface area (Å²) < 4.78 is 1.84. The standard InChI is InChI=1S/C19H23N5O/c1-14-5-7-15(8-6-14)17-18-22-16(13-24(18)12-10-20-17)19(25)21-9-4-11-23(2)3/h5-8,10,12-13H,4,9,11H2,1-3H3,(H,21,25). The van der Waals surface area contributed by atoms with Gasteiger partial charge in [-0.05, 0) is 34.0 Å². The van der Waals surface area contributed by atoms with E-state index in [0.717, 1.165) is 24.2 Å². The van der Waals surface area contributed by atoms with Crippen molar-refractivity contribution in [1.82, 2.24) is 24.6 Å². The van der Waals surface area contributed by atoms with Crippen LogP contribution in [0.1, 0.15) is 22.5 Å². The number of hydrogen-bond acceptors (Lipinski definition) is 4. The molecule has 1 amide bonds. The summed E-state index contributed by atoms with van der Waals surface area (Å²) in [5, 5.41) is 2.92. The second-order valence-corrected chi connectivity index (χ2v) is 6.41. The van der Waals surface area contributed by atoms with Gasteiger partial charge in [0.1, 0.15) is 11.4 Å². The maximum absolute atomic E-state index is 12.3. The van der Waals surface area contributed by atoms with Crippen LogP contribution in [0.4, 0.5) is 0 Å². The fraction of sp³-hybridized carbons (Fsp3) is 0.316. The van der Waals surface area contributed by atoms with E-state index in [4.69, 9.17) is 0 Å². The van der Waals surface area contributed by atoms with Gasteiger partial charge in [0.2, 0.25) is 0 Å². The van der Waals surface area contributed by atoms with Crippen molar-refractivity contribution in [1.29, 1.82) is 0 Å². The van der Waals surface area contributed by atoms with Gasteiger partial charge in [-0.1, -0.05) is 29.8 Å². The van der Waals surface area contributed by atoms with Crippen molar-refractivity contribution in [3.8, 4) is 11.3 Å². The summed E-state index contributed by atoms with van der Waals surface area (Å²) in [5.41, 5.74) is 4.04. The number of aromatic nitrogens is 3. The molecule has 1 aromatic carbocycles. The predicted molar refractivity (Wildman–Crippen MR) is 98.7 cm³/mol. The van der Waals surface area contributed by atoms with Crippen LogP contribution < -0.4 is 5.32 Å². The summed E-state index contributed by atoms with van der Waals surface area (Å²) in [6.45, 7) is 3.62. The minimum absolute atomic E-state index is 0.155. The van der Waals surface area contributed by atoms with Crippen LogP contribution in [0.25, 0.3) is 16.9 Å². The van der Waals surface area contributed by atoms with Crippen molar-refractivity contribution >= 4 is 11.6 Å². The first-order valence-electron chi connectivity index (χ1n) is 8.38. The summed E-state index contributed by atoms with van der Waals surface area (Å²) in [5.74, 6) is -0.155. The highest BCUT2D eigenvalue weighted by Gasteiger charge is 2.14. The van der Waals surface area contributed by atoms with Gasteiger partial charge >= 0.3 is 0 Å². The molecule has 3 aromatic rings. The SMILES string of the molecule is Cc1ccc(-c2nccn3cc(C(=O)NCCCN(C)C)nc23)cc1. The van der Waals surface area contributed by atoms with Gasteiger partial charge in [0.15, 0.2) is 5.65 Å². The van der Waals surface area contributed by atoms with E-state index in [1.165, 1.54) is 5.56 Å². The number of fused-ring (bicyclic) bond motifs is 1. The highest BCUT2D eigenvalue weighted by Crippen LogP contribution is 2.22. The second kappa shape index (κ2) is 7.44. The molecule has 0 aliphatic carbocycles. The summed E-state index contributed by atoms with van der Waals surface area (Å²) in [4.78, 5) is 23.4. The molecule has 0 fully saturated rings. The Balaban J connectivity index is 1.81. The molecule has 25 heavy (non-hydrogen) atoms. The van der Waals surface area contributed by atoms with Crippen molar-refractivity contribution in [2.75, 3.05) is 27.2 Å². The third-order valence-electron chi connectivity index (χ3n) is 4.00. The van der Waals surface area contributed by atoms with E-state index in [2.05, 4.69) is 20.2 Å². The maximum Gasteiger partial charge on any atom is 0.271 e. The van der Waals surface area contributed by atoms with E-state index in [0.29, 0.717) is 17.9 Å². The molecule has 0 atom stereocenters. The minimum Gasteiger partial charge on any atom is -0.351 e. The lowest BCUT2D eigenvalue weighted by atomic mass is 10.1. The van der Waals surface area contributed by atoms with E-state index in [1.807, 2.05) is 55.9 Å². The number of amides is 1. The van der Waals surface area contributed by atoms with Gasteiger partial charge in [0, 0.05) is 30.7 Å². The molecule has 130 valence electrons. The Hall–Kier alpha value is -2.73. The van der Waals surface area contributed by atoms with E-state index >= 15 is 0 Å². The van der Waals surface area contributed by atoms with Gasteiger partial charge in [-0.2, -0.15) is 0 Å². The summed E-state index contributed by atoms with van der Waals surface area (Å²) >= 11 is 0. The third kappa shape index (κ3) is 4.03. The lowest BCUT2D eigenvalue weighted by Crippen LogP contribution is -2.27. The first kappa shape index (κ1) is 17.1. The molecule has 6 heteroatoms. The molecule has 1 N–H and O–H groups in total. The number of aryl methyl sites for hydroxylation is 1. The van der Waals surface area contributed by atoms with Crippen molar-refractivity contribution in [2.45, 2.75) is 13.3 Å². The molecule has 0 aliphatic rings. The molecule has 6 nitrogen and oxygen atoms in total. The average Bonchev–Trinajstić information content (AvgIpc) is 3.03. The van der Waals surface area contributed by atoms with Crippen LogP contribution in [-0.2, 0) is 0 Å². The number of rotatable bonds is 6. The average molecular weight is 337 g/mol. The largest absolute Gasteiger partial charge is 0.351 e. The first-order valence-corrected chi connectivity index (χ1v) is 8.38. The zero-order valence-corrected chi connectivity index (χ0v) is 14.9. The van der Waals surface area contributed by atoms with E-state index < -0.39 is 0 Å². The van der Waals surface area contributed by atoms with Crippen LogP contribution in [-0.4, -0.2) is 52.4 Å². The zero-order valence-electron chi connectivity index (χ0n) is 14.9. The first-order chi connectivity index (χ1) is 12.0. The predicted octanol–water partition coefficient (Wildman–Crippen LogP) is 2.39. The van der Waals surface area contributed by atoms with E-state index in [1.54, 1.807) is 12.4 Å². The molecule has 0 bridgehead atoms. The number of nitrogens with one attached hydrogen (secondary N) is 1. The normalized spacial score (nSPS) is 11.2. The Bertz CT molecular complexity index is 867. The molecule has 0 saturated heterocycles. The van der Waals surface area contributed by atoms with Crippen LogP contribution in [0.3, 0.4) is 0 Å². The minimum atomic E-state index is -0.155. The zero-order chi connectivity index (χ0) is 17.8. The van der Waals surface area contributed by atoms with Crippen LogP contribution in [0.5, 0.6) is 0 Å². The highest BCUT2D eigenvalue weighted by atomic mass is 16.1. The molecule has 0 spiro atoms. The topological polar surface area (TPSA) is 62.5 Å². The Labute approximate surface area is 147 Å². The van der Waals surface area contributed by atoms with Crippen LogP contribution in [0.15, 0.2) is 42.9 Å². The van der Waals surface area contributed by atoms with Gasteiger partial charge in [0.25, 0.3) is 5.91 Å². The van der Waals surface area contributed by atoms with Gasteiger partial charge in [0.05, 0.1) is 0 Å². The fourth-order valence-corrected chi connectivity index (χ4v) is 2.63. The summed E-state index contributed by atoms with van der Waals surface area (Å²) in [7, 11) is 4.03. The van der Waals surface area contributed by atoms with Gasteiger partial charge in [-0.15, -0.1) is 0 Å². The maximum atomic E-state index is 12.3. The van der Waals surface area contributed by atoms with Crippen molar-refractivity contribution < 1.29 is 4.79 Å². The van der Waals surface area contributed by atoms with Gasteiger partial charge in [-0.25, -0.2) is 4.98 Å². The molecule has 3 rings (SSSR count). The monoisotopic (exact) mass is 337 g/mol. The fourth-order valence-electron chi connectivity index (χ4n) is 2.63. The Morgan fingerprint density at radius 1 is 1.24 bits per heavy atom. The highest BCUT2D eigenvalue weighted by molar-refractivity contribution is 5.93.